The summed E-state index contributed by atoms with van der Waals surface area (Å²) in [6.07, 6.45) is 0.422. The van der Waals surface area contributed by atoms with Crippen LogP contribution in [0.4, 0.5) is 0 Å². The topological polar surface area (TPSA) is 29.1 Å². The molecule has 1 amide bonds. The van der Waals surface area contributed by atoms with Crippen molar-refractivity contribution in [1.82, 2.24) is 5.32 Å². The van der Waals surface area contributed by atoms with Crippen LogP contribution in [0, 0.1) is 13.8 Å². The highest BCUT2D eigenvalue weighted by Crippen LogP contribution is 2.24. The van der Waals surface area contributed by atoms with Gasteiger partial charge in [-0.1, -0.05) is 54.6 Å². The molecule has 3 aromatic rings. The van der Waals surface area contributed by atoms with E-state index in [1.54, 1.807) is 11.3 Å². The van der Waals surface area contributed by atoms with Crippen LogP contribution >= 0.6 is 11.3 Å². The maximum absolute atomic E-state index is 12.5. The van der Waals surface area contributed by atoms with Crippen molar-refractivity contribution >= 4 is 17.2 Å². The smallest absolute Gasteiger partial charge is 0.226 e. The molecule has 0 aliphatic rings. The van der Waals surface area contributed by atoms with Gasteiger partial charge in [0.1, 0.15) is 0 Å². The Balaban J connectivity index is 1.87. The Kier molecular flexibility index (Phi) is 5.11. The van der Waals surface area contributed by atoms with Gasteiger partial charge in [0, 0.05) is 4.88 Å². The van der Waals surface area contributed by atoms with E-state index in [2.05, 4.69) is 49.5 Å². The Morgan fingerprint density at radius 2 is 1.75 bits per heavy atom. The molecule has 0 aliphatic carbocycles. The quantitative estimate of drug-likeness (QED) is 0.712. The lowest BCUT2D eigenvalue weighted by Gasteiger charge is -2.21. The van der Waals surface area contributed by atoms with Gasteiger partial charge in [-0.05, 0) is 47.5 Å². The summed E-state index contributed by atoms with van der Waals surface area (Å²) in [6, 6.07) is 20.4. The number of hydrogen-bond donors (Lipinski definition) is 1. The van der Waals surface area contributed by atoms with Gasteiger partial charge in [-0.3, -0.25) is 4.79 Å². The summed E-state index contributed by atoms with van der Waals surface area (Å²) >= 11 is 1.61. The Hall–Kier alpha value is -2.39. The Labute approximate surface area is 147 Å². The largest absolute Gasteiger partial charge is 0.345 e. The zero-order valence-corrected chi connectivity index (χ0v) is 14.8. The van der Waals surface area contributed by atoms with Crippen LogP contribution in [0.25, 0.3) is 0 Å². The first kappa shape index (κ1) is 16.5. The molecule has 2 aromatic carbocycles. The van der Waals surface area contributed by atoms with Gasteiger partial charge < -0.3 is 5.32 Å². The van der Waals surface area contributed by atoms with Crippen molar-refractivity contribution in [1.29, 1.82) is 0 Å². The molecule has 24 heavy (non-hydrogen) atoms. The average molecular weight is 335 g/mol. The molecule has 0 aliphatic heterocycles. The summed E-state index contributed by atoms with van der Waals surface area (Å²) in [5.74, 6) is 0.0459. The first-order chi connectivity index (χ1) is 11.6. The molecule has 0 unspecified atom stereocenters. The van der Waals surface area contributed by atoms with Crippen LogP contribution in [0.15, 0.2) is 66.0 Å². The monoisotopic (exact) mass is 335 g/mol. The van der Waals surface area contributed by atoms with Crippen molar-refractivity contribution in [3.05, 3.63) is 93.2 Å². The molecule has 0 saturated heterocycles. The van der Waals surface area contributed by atoms with Gasteiger partial charge in [-0.2, -0.15) is 0 Å². The molecule has 3 rings (SSSR count). The fourth-order valence-corrected chi connectivity index (χ4v) is 3.44. The van der Waals surface area contributed by atoms with Gasteiger partial charge in [0.25, 0.3) is 0 Å². The van der Waals surface area contributed by atoms with Crippen LogP contribution < -0.4 is 5.32 Å². The molecule has 0 bridgehead atoms. The summed E-state index contributed by atoms with van der Waals surface area (Å²) in [6.45, 7) is 4.21. The predicted molar refractivity (Wildman–Crippen MR) is 100 cm³/mol. The highest BCUT2D eigenvalue weighted by molar-refractivity contribution is 7.10. The van der Waals surface area contributed by atoms with Crippen LogP contribution in [0.2, 0.25) is 0 Å². The molecule has 0 fully saturated rings. The SMILES string of the molecule is Cc1ccc([C@H](NC(=O)Cc2cccs2)c2ccccc2)cc1C. The standard InChI is InChI=1S/C21H21NOS/c1-15-10-11-18(13-16(15)2)21(17-7-4-3-5-8-17)22-20(23)14-19-9-6-12-24-19/h3-13,21H,14H2,1-2H3,(H,22,23)/t21-/m1/s1. The van der Waals surface area contributed by atoms with Crippen molar-refractivity contribution in [3.8, 4) is 0 Å². The number of carbonyl (C=O) groups excluding carboxylic acids is 1. The van der Waals surface area contributed by atoms with E-state index >= 15 is 0 Å². The maximum Gasteiger partial charge on any atom is 0.226 e. The zero-order chi connectivity index (χ0) is 16.9. The number of amides is 1. The van der Waals surface area contributed by atoms with Gasteiger partial charge in [-0.25, -0.2) is 0 Å². The van der Waals surface area contributed by atoms with Crippen LogP contribution in [0.3, 0.4) is 0 Å². The number of carbonyl (C=O) groups is 1. The third-order valence-corrected chi connectivity index (χ3v) is 5.09. The second-order valence-electron chi connectivity index (χ2n) is 6.01. The predicted octanol–water partition coefficient (Wildman–Crippen LogP) is 4.81. The number of nitrogens with one attached hydrogen (secondary N) is 1. The molecular formula is C21H21NOS. The second-order valence-corrected chi connectivity index (χ2v) is 7.04. The van der Waals surface area contributed by atoms with Crippen LogP contribution in [-0.4, -0.2) is 5.91 Å². The lowest BCUT2D eigenvalue weighted by Crippen LogP contribution is -2.30. The lowest BCUT2D eigenvalue weighted by molar-refractivity contribution is -0.120. The van der Waals surface area contributed by atoms with E-state index in [9.17, 15) is 4.79 Å². The van der Waals surface area contributed by atoms with Crippen molar-refractivity contribution in [2.75, 3.05) is 0 Å². The van der Waals surface area contributed by atoms with Crippen LogP contribution in [-0.2, 0) is 11.2 Å². The Morgan fingerprint density at radius 3 is 2.42 bits per heavy atom. The third kappa shape index (κ3) is 3.92. The minimum atomic E-state index is -0.127. The van der Waals surface area contributed by atoms with Crippen molar-refractivity contribution in [2.45, 2.75) is 26.3 Å². The fraction of sp³-hybridized carbons (Fsp3) is 0.190. The molecule has 0 spiro atoms. The van der Waals surface area contributed by atoms with Gasteiger partial charge >= 0.3 is 0 Å². The van der Waals surface area contributed by atoms with E-state index in [4.69, 9.17) is 0 Å². The van der Waals surface area contributed by atoms with Gasteiger partial charge in [0.2, 0.25) is 5.91 Å². The summed E-state index contributed by atoms with van der Waals surface area (Å²) in [7, 11) is 0. The molecule has 122 valence electrons. The van der Waals surface area contributed by atoms with E-state index in [1.165, 1.54) is 11.1 Å². The first-order valence-electron chi connectivity index (χ1n) is 8.07. The summed E-state index contributed by atoms with van der Waals surface area (Å²) < 4.78 is 0. The minimum absolute atomic E-state index is 0.0459. The molecule has 0 saturated carbocycles. The molecule has 3 heteroatoms. The second kappa shape index (κ2) is 7.45. The summed E-state index contributed by atoms with van der Waals surface area (Å²) in [4.78, 5) is 13.6. The molecule has 1 N–H and O–H groups in total. The molecule has 2 nitrogen and oxygen atoms in total. The first-order valence-corrected chi connectivity index (χ1v) is 8.95. The number of aryl methyl sites for hydroxylation is 2. The molecule has 1 atom stereocenters. The van der Waals surface area contributed by atoms with Crippen molar-refractivity contribution < 1.29 is 4.79 Å². The zero-order valence-electron chi connectivity index (χ0n) is 14.0. The normalized spacial score (nSPS) is 11.9. The third-order valence-electron chi connectivity index (χ3n) is 4.22. The van der Waals surface area contributed by atoms with Gasteiger partial charge in [-0.15, -0.1) is 11.3 Å². The van der Waals surface area contributed by atoms with E-state index in [-0.39, 0.29) is 11.9 Å². The highest BCUT2D eigenvalue weighted by Gasteiger charge is 2.17. The van der Waals surface area contributed by atoms with Crippen LogP contribution in [0.1, 0.15) is 33.2 Å². The lowest BCUT2D eigenvalue weighted by atomic mass is 9.95. The Morgan fingerprint density at radius 1 is 0.958 bits per heavy atom. The number of benzene rings is 2. The maximum atomic E-state index is 12.5. The number of rotatable bonds is 5. The van der Waals surface area contributed by atoms with E-state index < -0.39 is 0 Å². The van der Waals surface area contributed by atoms with E-state index in [0.29, 0.717) is 6.42 Å². The average Bonchev–Trinajstić information content (AvgIpc) is 3.09. The van der Waals surface area contributed by atoms with E-state index in [1.807, 2.05) is 35.7 Å². The van der Waals surface area contributed by atoms with Crippen LogP contribution in [0.5, 0.6) is 0 Å². The summed E-state index contributed by atoms with van der Waals surface area (Å²) in [5.41, 5.74) is 4.71. The van der Waals surface area contributed by atoms with Gasteiger partial charge in [0.05, 0.1) is 12.5 Å². The number of hydrogen-bond acceptors (Lipinski definition) is 2. The fourth-order valence-electron chi connectivity index (χ4n) is 2.73. The molecular weight excluding hydrogens is 314 g/mol. The summed E-state index contributed by atoms with van der Waals surface area (Å²) in [5, 5.41) is 5.20. The highest BCUT2D eigenvalue weighted by atomic mass is 32.1. The number of thiophene rings is 1. The van der Waals surface area contributed by atoms with E-state index in [0.717, 1.165) is 16.0 Å². The van der Waals surface area contributed by atoms with Gasteiger partial charge in [0.15, 0.2) is 0 Å². The molecule has 0 radical (unpaired) electrons. The Bertz CT molecular complexity index is 809. The minimum Gasteiger partial charge on any atom is -0.345 e. The molecule has 1 heterocycles. The van der Waals surface area contributed by atoms with Crippen molar-refractivity contribution in [3.63, 3.8) is 0 Å². The molecule has 1 aromatic heterocycles. The van der Waals surface area contributed by atoms with Crippen molar-refractivity contribution in [2.24, 2.45) is 0 Å².